The number of aromatic nitrogens is 1. The van der Waals surface area contributed by atoms with Crippen LogP contribution in [0.15, 0.2) is 24.5 Å². The Hall–Kier alpha value is -0.890. The number of nitrogens with zero attached hydrogens (tertiary/aromatic N) is 1. The highest BCUT2D eigenvalue weighted by Gasteiger charge is 2.24. The van der Waals surface area contributed by atoms with Gasteiger partial charge in [-0.25, -0.2) is 0 Å². The van der Waals surface area contributed by atoms with Crippen LogP contribution in [-0.4, -0.2) is 11.0 Å². The van der Waals surface area contributed by atoms with Gasteiger partial charge in [0.25, 0.3) is 0 Å². The van der Waals surface area contributed by atoms with Crippen molar-refractivity contribution in [2.75, 3.05) is 0 Å². The molecule has 2 nitrogen and oxygen atoms in total. The molecule has 0 spiro atoms. The Bertz CT molecular complexity index is 310. The Morgan fingerprint density at radius 2 is 2.12 bits per heavy atom. The molecule has 16 heavy (non-hydrogen) atoms. The quantitative estimate of drug-likeness (QED) is 0.847. The normalized spacial score (nSPS) is 27.6. The lowest BCUT2D eigenvalue weighted by Crippen LogP contribution is -2.35. The van der Waals surface area contributed by atoms with Gasteiger partial charge < -0.3 is 5.73 Å². The Morgan fingerprint density at radius 3 is 2.81 bits per heavy atom. The molecule has 2 rings (SSSR count). The molecule has 1 aliphatic carbocycles. The summed E-state index contributed by atoms with van der Waals surface area (Å²) in [5.41, 5.74) is 7.64. The van der Waals surface area contributed by atoms with Crippen molar-refractivity contribution >= 4 is 0 Å². The van der Waals surface area contributed by atoms with E-state index in [2.05, 4.69) is 24.0 Å². The second-order valence-electron chi connectivity index (χ2n) is 5.26. The predicted octanol–water partition coefficient (Wildman–Crippen LogP) is 2.78. The van der Waals surface area contributed by atoms with E-state index in [9.17, 15) is 0 Å². The predicted molar refractivity (Wildman–Crippen MR) is 67.0 cm³/mol. The van der Waals surface area contributed by atoms with Gasteiger partial charge in [0, 0.05) is 18.4 Å². The number of hydrogen-bond acceptors (Lipinski definition) is 2. The van der Waals surface area contributed by atoms with E-state index < -0.39 is 0 Å². The molecule has 1 heterocycles. The molecular weight excluding hydrogens is 196 g/mol. The monoisotopic (exact) mass is 218 g/mol. The minimum Gasteiger partial charge on any atom is -0.327 e. The topological polar surface area (TPSA) is 38.9 Å². The van der Waals surface area contributed by atoms with Crippen LogP contribution in [-0.2, 0) is 6.42 Å². The van der Waals surface area contributed by atoms with Gasteiger partial charge in [-0.1, -0.05) is 19.8 Å². The molecule has 2 N–H and O–H groups in total. The van der Waals surface area contributed by atoms with E-state index in [1.807, 2.05) is 12.4 Å². The molecule has 2 heteroatoms. The summed E-state index contributed by atoms with van der Waals surface area (Å²) in [5.74, 6) is 1.58. The molecular formula is C14H22N2. The third-order valence-electron chi connectivity index (χ3n) is 3.80. The maximum absolute atomic E-state index is 6.32. The van der Waals surface area contributed by atoms with Crippen LogP contribution in [0.2, 0.25) is 0 Å². The first kappa shape index (κ1) is 11.6. The lowest BCUT2D eigenvalue weighted by Gasteiger charge is -2.31. The summed E-state index contributed by atoms with van der Waals surface area (Å²) in [6.07, 6.45) is 10.1. The average molecular weight is 218 g/mol. The highest BCUT2D eigenvalue weighted by Crippen LogP contribution is 2.30. The van der Waals surface area contributed by atoms with Crippen LogP contribution in [0, 0.1) is 11.8 Å². The summed E-state index contributed by atoms with van der Waals surface area (Å²) in [6.45, 7) is 2.35. The first-order valence-corrected chi connectivity index (χ1v) is 6.40. The Kier molecular flexibility index (Phi) is 3.94. The summed E-state index contributed by atoms with van der Waals surface area (Å²) < 4.78 is 0. The zero-order valence-electron chi connectivity index (χ0n) is 10.1. The smallest absolute Gasteiger partial charge is 0.0270 e. The molecule has 1 aromatic rings. The summed E-state index contributed by atoms with van der Waals surface area (Å²) in [5, 5.41) is 0. The Morgan fingerprint density at radius 1 is 1.38 bits per heavy atom. The van der Waals surface area contributed by atoms with Gasteiger partial charge in [-0.2, -0.15) is 0 Å². The summed E-state index contributed by atoms with van der Waals surface area (Å²) in [7, 11) is 0. The largest absolute Gasteiger partial charge is 0.327 e. The number of nitrogens with two attached hydrogens (primary N) is 1. The second kappa shape index (κ2) is 5.44. The van der Waals surface area contributed by atoms with E-state index in [0.717, 1.165) is 18.3 Å². The second-order valence-corrected chi connectivity index (χ2v) is 5.26. The van der Waals surface area contributed by atoms with Crippen molar-refractivity contribution in [2.24, 2.45) is 17.6 Å². The summed E-state index contributed by atoms with van der Waals surface area (Å²) in [4.78, 5) is 4.04. The van der Waals surface area contributed by atoms with Crippen molar-refractivity contribution in [1.82, 2.24) is 4.98 Å². The molecule has 0 saturated heterocycles. The highest BCUT2D eigenvalue weighted by atomic mass is 14.7. The fraction of sp³-hybridized carbons (Fsp3) is 0.643. The van der Waals surface area contributed by atoms with Crippen molar-refractivity contribution < 1.29 is 0 Å². The van der Waals surface area contributed by atoms with Crippen LogP contribution in [0.25, 0.3) is 0 Å². The van der Waals surface area contributed by atoms with E-state index in [1.165, 1.54) is 31.2 Å². The number of pyridine rings is 1. The van der Waals surface area contributed by atoms with Crippen LogP contribution in [0.3, 0.4) is 0 Å². The fourth-order valence-electron chi connectivity index (χ4n) is 2.83. The molecule has 3 atom stereocenters. The van der Waals surface area contributed by atoms with Gasteiger partial charge in [0.05, 0.1) is 0 Å². The van der Waals surface area contributed by atoms with Crippen molar-refractivity contribution in [3.05, 3.63) is 30.1 Å². The fourth-order valence-corrected chi connectivity index (χ4v) is 2.83. The average Bonchev–Trinajstić information content (AvgIpc) is 2.30. The van der Waals surface area contributed by atoms with Gasteiger partial charge >= 0.3 is 0 Å². The maximum atomic E-state index is 6.32. The van der Waals surface area contributed by atoms with Gasteiger partial charge in [0.15, 0.2) is 0 Å². The van der Waals surface area contributed by atoms with E-state index in [4.69, 9.17) is 5.73 Å². The van der Waals surface area contributed by atoms with Crippen LogP contribution in [0.4, 0.5) is 0 Å². The Balaban J connectivity index is 1.90. The van der Waals surface area contributed by atoms with Crippen molar-refractivity contribution in [2.45, 2.75) is 45.1 Å². The van der Waals surface area contributed by atoms with Crippen molar-refractivity contribution in [3.63, 3.8) is 0 Å². The molecule has 1 aromatic heterocycles. The molecule has 88 valence electrons. The van der Waals surface area contributed by atoms with Crippen LogP contribution >= 0.6 is 0 Å². The molecule has 0 radical (unpaired) electrons. The van der Waals surface area contributed by atoms with Crippen LogP contribution in [0.5, 0.6) is 0 Å². The van der Waals surface area contributed by atoms with E-state index in [0.29, 0.717) is 6.04 Å². The lowest BCUT2D eigenvalue weighted by molar-refractivity contribution is 0.245. The Labute approximate surface area is 98.3 Å². The zero-order valence-corrected chi connectivity index (χ0v) is 10.1. The number of rotatable bonds is 3. The van der Waals surface area contributed by atoms with Gasteiger partial charge in [-0.15, -0.1) is 0 Å². The zero-order chi connectivity index (χ0) is 11.4. The third kappa shape index (κ3) is 3.05. The first-order chi connectivity index (χ1) is 7.75. The molecule has 0 aliphatic heterocycles. The van der Waals surface area contributed by atoms with Gasteiger partial charge in [0.2, 0.25) is 0 Å². The van der Waals surface area contributed by atoms with Crippen LogP contribution in [0.1, 0.15) is 38.2 Å². The van der Waals surface area contributed by atoms with Gasteiger partial charge in [-0.05, 0) is 48.8 Å². The highest BCUT2D eigenvalue weighted by molar-refractivity contribution is 5.11. The summed E-state index contributed by atoms with van der Waals surface area (Å²) >= 11 is 0. The van der Waals surface area contributed by atoms with E-state index in [1.54, 1.807) is 0 Å². The molecule has 1 aliphatic rings. The molecule has 0 bridgehead atoms. The maximum Gasteiger partial charge on any atom is 0.0270 e. The standard InChI is InChI=1S/C14H22N2/c1-11-3-2-4-13(9-11)14(15)10-12-5-7-16-8-6-12/h5-8,11,13-14H,2-4,9-10,15H2,1H3. The molecule has 1 fully saturated rings. The van der Waals surface area contributed by atoms with Gasteiger partial charge in [0.1, 0.15) is 0 Å². The number of hydrogen-bond donors (Lipinski definition) is 1. The minimum absolute atomic E-state index is 0.324. The van der Waals surface area contributed by atoms with Crippen LogP contribution < -0.4 is 5.73 Å². The van der Waals surface area contributed by atoms with E-state index in [-0.39, 0.29) is 0 Å². The molecule has 1 saturated carbocycles. The molecule has 0 amide bonds. The SMILES string of the molecule is CC1CCCC(C(N)Cc2ccncc2)C1. The minimum atomic E-state index is 0.324. The first-order valence-electron chi connectivity index (χ1n) is 6.40. The van der Waals surface area contributed by atoms with Crippen molar-refractivity contribution in [1.29, 1.82) is 0 Å². The lowest BCUT2D eigenvalue weighted by atomic mass is 9.77. The molecule has 3 unspecified atom stereocenters. The van der Waals surface area contributed by atoms with E-state index >= 15 is 0 Å². The molecule has 0 aromatic carbocycles. The van der Waals surface area contributed by atoms with Gasteiger partial charge in [-0.3, -0.25) is 4.98 Å². The third-order valence-corrected chi connectivity index (χ3v) is 3.80. The van der Waals surface area contributed by atoms with Crippen molar-refractivity contribution in [3.8, 4) is 0 Å². The summed E-state index contributed by atoms with van der Waals surface area (Å²) in [6, 6.07) is 4.48.